The van der Waals surface area contributed by atoms with Gasteiger partial charge in [0.2, 0.25) is 11.8 Å². The fourth-order valence-corrected chi connectivity index (χ4v) is 3.66. The van der Waals surface area contributed by atoms with E-state index in [0.29, 0.717) is 43.6 Å². The molecule has 6 heteroatoms. The summed E-state index contributed by atoms with van der Waals surface area (Å²) in [5, 5.41) is 5.79. The van der Waals surface area contributed by atoms with Crippen LogP contribution in [-0.4, -0.2) is 41.8 Å². The van der Waals surface area contributed by atoms with Gasteiger partial charge < -0.3 is 15.5 Å². The molecule has 1 fully saturated rings. The van der Waals surface area contributed by atoms with Crippen molar-refractivity contribution in [2.75, 3.05) is 18.4 Å². The Morgan fingerprint density at radius 1 is 1.32 bits per heavy atom. The molecular weight excluding hydrogens is 318 g/mol. The fourth-order valence-electron chi connectivity index (χ4n) is 3.66. The van der Waals surface area contributed by atoms with Crippen LogP contribution in [0.5, 0.6) is 0 Å². The first-order valence-electron chi connectivity index (χ1n) is 9.12. The number of fused-ring (bicyclic) bond motifs is 1. The second-order valence-electron chi connectivity index (χ2n) is 6.68. The normalized spacial score (nSPS) is 19.8. The van der Waals surface area contributed by atoms with Crippen LogP contribution in [0.1, 0.15) is 54.9 Å². The molecule has 0 bridgehead atoms. The number of benzene rings is 1. The lowest BCUT2D eigenvalue weighted by Gasteiger charge is -2.35. The number of rotatable bonds is 4. The van der Waals surface area contributed by atoms with Crippen LogP contribution in [-0.2, 0) is 16.0 Å². The average Bonchev–Trinajstić information content (AvgIpc) is 2.63. The van der Waals surface area contributed by atoms with E-state index in [-0.39, 0.29) is 17.7 Å². The molecule has 0 aliphatic carbocycles. The highest BCUT2D eigenvalue weighted by Gasteiger charge is 2.32. The molecule has 3 rings (SSSR count). The first kappa shape index (κ1) is 17.5. The van der Waals surface area contributed by atoms with Gasteiger partial charge in [0.15, 0.2) is 0 Å². The molecule has 2 heterocycles. The number of anilines is 1. The molecule has 1 aromatic rings. The first-order chi connectivity index (χ1) is 12.1. The zero-order chi connectivity index (χ0) is 17.8. The van der Waals surface area contributed by atoms with Crippen molar-refractivity contribution in [1.29, 1.82) is 0 Å². The molecule has 6 nitrogen and oxygen atoms in total. The van der Waals surface area contributed by atoms with E-state index in [9.17, 15) is 14.4 Å². The lowest BCUT2D eigenvalue weighted by atomic mass is 9.97. The summed E-state index contributed by atoms with van der Waals surface area (Å²) in [6.45, 7) is 3.19. The van der Waals surface area contributed by atoms with Gasteiger partial charge in [-0.15, -0.1) is 0 Å². The van der Waals surface area contributed by atoms with Crippen LogP contribution in [0.4, 0.5) is 5.69 Å². The van der Waals surface area contributed by atoms with Gasteiger partial charge in [0, 0.05) is 30.8 Å². The van der Waals surface area contributed by atoms with Crippen molar-refractivity contribution in [2.45, 2.75) is 51.5 Å². The lowest BCUT2D eigenvalue weighted by Crippen LogP contribution is -2.50. The van der Waals surface area contributed by atoms with Gasteiger partial charge in [-0.25, -0.2) is 0 Å². The smallest absolute Gasteiger partial charge is 0.251 e. The summed E-state index contributed by atoms with van der Waals surface area (Å²) < 4.78 is 0. The summed E-state index contributed by atoms with van der Waals surface area (Å²) in [5.41, 5.74) is 2.18. The summed E-state index contributed by atoms with van der Waals surface area (Å²) in [5.74, 6) is -0.199. The summed E-state index contributed by atoms with van der Waals surface area (Å²) >= 11 is 0. The van der Waals surface area contributed by atoms with Crippen molar-refractivity contribution in [1.82, 2.24) is 10.2 Å². The predicted molar refractivity (Wildman–Crippen MR) is 95.4 cm³/mol. The van der Waals surface area contributed by atoms with Gasteiger partial charge in [-0.3, -0.25) is 14.4 Å². The SMILES string of the molecule is CCCC(=O)N1CCCC[C@H]1C(=O)Nc1cccc2c1CCNC2=O. The third kappa shape index (κ3) is 3.67. The van der Waals surface area contributed by atoms with E-state index in [1.165, 1.54) is 0 Å². The third-order valence-electron chi connectivity index (χ3n) is 4.93. The Bertz CT molecular complexity index is 686. The molecule has 3 amide bonds. The van der Waals surface area contributed by atoms with Crippen molar-refractivity contribution in [3.05, 3.63) is 29.3 Å². The van der Waals surface area contributed by atoms with Crippen molar-refractivity contribution in [2.24, 2.45) is 0 Å². The minimum absolute atomic E-state index is 0.0526. The van der Waals surface area contributed by atoms with Crippen LogP contribution < -0.4 is 10.6 Å². The van der Waals surface area contributed by atoms with Gasteiger partial charge in [0.1, 0.15) is 6.04 Å². The molecule has 0 unspecified atom stereocenters. The standard InChI is InChI=1S/C19H25N3O3/c1-2-6-17(23)22-12-4-3-9-16(22)19(25)21-15-8-5-7-14-13(15)10-11-20-18(14)24/h5,7-8,16H,2-4,6,9-12H2,1H3,(H,20,24)(H,21,25)/t16-/m0/s1. The summed E-state index contributed by atoms with van der Waals surface area (Å²) in [7, 11) is 0. The third-order valence-corrected chi connectivity index (χ3v) is 4.93. The van der Waals surface area contributed by atoms with Crippen molar-refractivity contribution >= 4 is 23.4 Å². The van der Waals surface area contributed by atoms with Crippen molar-refractivity contribution in [3.63, 3.8) is 0 Å². The van der Waals surface area contributed by atoms with Crippen LogP contribution >= 0.6 is 0 Å². The monoisotopic (exact) mass is 343 g/mol. The second-order valence-corrected chi connectivity index (χ2v) is 6.68. The summed E-state index contributed by atoms with van der Waals surface area (Å²) in [6.07, 6.45) is 4.54. The Hall–Kier alpha value is -2.37. The molecule has 2 aliphatic rings. The Morgan fingerprint density at radius 2 is 2.16 bits per heavy atom. The highest BCUT2D eigenvalue weighted by Crippen LogP contribution is 2.25. The Balaban J connectivity index is 1.78. The number of hydrogen-bond donors (Lipinski definition) is 2. The minimum atomic E-state index is -0.416. The number of nitrogens with one attached hydrogen (secondary N) is 2. The molecule has 134 valence electrons. The molecule has 1 saturated heterocycles. The lowest BCUT2D eigenvalue weighted by molar-refractivity contribution is -0.140. The van der Waals surface area contributed by atoms with Crippen molar-refractivity contribution < 1.29 is 14.4 Å². The highest BCUT2D eigenvalue weighted by atomic mass is 16.2. The second kappa shape index (κ2) is 7.68. The number of hydrogen-bond acceptors (Lipinski definition) is 3. The number of carbonyl (C=O) groups excluding carboxylic acids is 3. The quantitative estimate of drug-likeness (QED) is 0.879. The van der Waals surface area contributed by atoms with Gasteiger partial charge in [0.05, 0.1) is 0 Å². The van der Waals surface area contributed by atoms with Crippen LogP contribution in [0.25, 0.3) is 0 Å². The Labute approximate surface area is 148 Å². The van der Waals surface area contributed by atoms with E-state index in [4.69, 9.17) is 0 Å². The summed E-state index contributed by atoms with van der Waals surface area (Å²) in [4.78, 5) is 38.9. The van der Waals surface area contributed by atoms with Crippen LogP contribution in [0, 0.1) is 0 Å². The number of carbonyl (C=O) groups is 3. The van der Waals surface area contributed by atoms with Gasteiger partial charge in [0.25, 0.3) is 5.91 Å². The number of amides is 3. The van der Waals surface area contributed by atoms with Gasteiger partial charge >= 0.3 is 0 Å². The maximum Gasteiger partial charge on any atom is 0.251 e. The van der Waals surface area contributed by atoms with E-state index in [0.717, 1.165) is 24.8 Å². The highest BCUT2D eigenvalue weighted by molar-refractivity contribution is 6.02. The zero-order valence-electron chi connectivity index (χ0n) is 14.6. The zero-order valence-corrected chi connectivity index (χ0v) is 14.6. The number of nitrogens with zero attached hydrogens (tertiary/aromatic N) is 1. The molecule has 0 saturated carbocycles. The van der Waals surface area contributed by atoms with E-state index in [2.05, 4.69) is 10.6 Å². The van der Waals surface area contributed by atoms with Gasteiger partial charge in [-0.2, -0.15) is 0 Å². The molecule has 25 heavy (non-hydrogen) atoms. The van der Waals surface area contributed by atoms with Crippen LogP contribution in [0.2, 0.25) is 0 Å². The van der Waals surface area contributed by atoms with Crippen LogP contribution in [0.3, 0.4) is 0 Å². The van der Waals surface area contributed by atoms with E-state index < -0.39 is 6.04 Å². The maximum absolute atomic E-state index is 12.8. The van der Waals surface area contributed by atoms with Crippen molar-refractivity contribution in [3.8, 4) is 0 Å². The molecule has 1 atom stereocenters. The molecule has 0 radical (unpaired) electrons. The largest absolute Gasteiger partial charge is 0.352 e. The molecule has 0 aromatic heterocycles. The molecule has 1 aromatic carbocycles. The van der Waals surface area contributed by atoms with Gasteiger partial charge in [-0.1, -0.05) is 13.0 Å². The molecular formula is C19H25N3O3. The fraction of sp³-hybridized carbons (Fsp3) is 0.526. The Morgan fingerprint density at radius 3 is 2.96 bits per heavy atom. The van der Waals surface area contributed by atoms with Crippen LogP contribution in [0.15, 0.2) is 18.2 Å². The van der Waals surface area contributed by atoms with E-state index in [1.807, 2.05) is 13.0 Å². The first-order valence-corrected chi connectivity index (χ1v) is 9.12. The molecule has 2 N–H and O–H groups in total. The minimum Gasteiger partial charge on any atom is -0.352 e. The Kier molecular flexibility index (Phi) is 5.36. The predicted octanol–water partition coefficient (Wildman–Crippen LogP) is 2.09. The molecule has 0 spiro atoms. The topological polar surface area (TPSA) is 78.5 Å². The van der Waals surface area contributed by atoms with Gasteiger partial charge in [-0.05, 0) is 49.8 Å². The maximum atomic E-state index is 12.8. The van der Waals surface area contributed by atoms with E-state index >= 15 is 0 Å². The number of likely N-dealkylation sites (tertiary alicyclic amines) is 1. The number of piperidine rings is 1. The molecule has 2 aliphatic heterocycles. The van der Waals surface area contributed by atoms with E-state index in [1.54, 1.807) is 17.0 Å². The average molecular weight is 343 g/mol. The summed E-state index contributed by atoms with van der Waals surface area (Å²) in [6, 6.07) is 4.97.